The van der Waals surface area contributed by atoms with Gasteiger partial charge >= 0.3 is 5.97 Å². The maximum absolute atomic E-state index is 11.3. The molecular formula is C32H32ClNO3. The highest BCUT2D eigenvalue weighted by Crippen LogP contribution is 2.38. The van der Waals surface area contributed by atoms with Crippen molar-refractivity contribution in [2.24, 2.45) is 0 Å². The number of carbonyl (C=O) groups excluding carboxylic acids is 1. The van der Waals surface area contributed by atoms with Gasteiger partial charge in [-0.3, -0.25) is 9.69 Å². The fourth-order valence-electron chi connectivity index (χ4n) is 5.07. The standard InChI is InChI=1S/C32H31NO3.ClH/c1-23(34)36-30-16-13-24(22-31(30)35-2)8-7-19-33-20-17-27(18-21-33)32-28-11-5-3-9-25(28)14-15-26-10-4-6-12-29(26)32;/h3-16,22H,17-21H2,1-2H3;1H/b8-7+;. The van der Waals surface area contributed by atoms with E-state index >= 15 is 0 Å². The van der Waals surface area contributed by atoms with Crippen LogP contribution in [0, 0.1) is 0 Å². The lowest BCUT2D eigenvalue weighted by Gasteiger charge is -2.29. The maximum atomic E-state index is 11.3. The third kappa shape index (κ3) is 6.04. The lowest BCUT2D eigenvalue weighted by atomic mass is 9.86. The number of likely N-dealkylation sites (tertiary alicyclic amines) is 1. The normalized spacial score (nSPS) is 15.0. The van der Waals surface area contributed by atoms with Crippen LogP contribution < -0.4 is 9.47 Å². The molecule has 3 aromatic carbocycles. The van der Waals surface area contributed by atoms with Crippen molar-refractivity contribution in [3.05, 3.63) is 106 Å². The van der Waals surface area contributed by atoms with Gasteiger partial charge in [0.15, 0.2) is 11.5 Å². The molecule has 4 nitrogen and oxygen atoms in total. The Balaban J connectivity index is 0.00000320. The highest BCUT2D eigenvalue weighted by molar-refractivity contribution is 5.95. The number of piperidine rings is 1. The zero-order chi connectivity index (χ0) is 24.9. The molecule has 3 aromatic rings. The minimum Gasteiger partial charge on any atom is -0.493 e. The molecule has 5 heteroatoms. The second-order valence-corrected chi connectivity index (χ2v) is 9.19. The van der Waals surface area contributed by atoms with Crippen LogP contribution >= 0.6 is 12.4 Å². The minimum absolute atomic E-state index is 0. The molecule has 190 valence electrons. The second kappa shape index (κ2) is 12.1. The second-order valence-electron chi connectivity index (χ2n) is 9.19. The zero-order valence-corrected chi connectivity index (χ0v) is 22.1. The summed E-state index contributed by atoms with van der Waals surface area (Å²) in [6, 6.07) is 23.1. The van der Waals surface area contributed by atoms with Crippen molar-refractivity contribution in [3.63, 3.8) is 0 Å². The summed E-state index contributed by atoms with van der Waals surface area (Å²) in [4.78, 5) is 13.8. The van der Waals surface area contributed by atoms with Gasteiger partial charge in [0.05, 0.1) is 7.11 Å². The molecule has 37 heavy (non-hydrogen) atoms. The molecule has 5 rings (SSSR count). The molecule has 0 saturated carbocycles. The highest BCUT2D eigenvalue weighted by Gasteiger charge is 2.22. The van der Waals surface area contributed by atoms with Crippen LogP contribution in [0.1, 0.15) is 47.6 Å². The van der Waals surface area contributed by atoms with Gasteiger partial charge in [-0.25, -0.2) is 0 Å². The van der Waals surface area contributed by atoms with Crippen molar-refractivity contribution in [1.29, 1.82) is 0 Å². The third-order valence-corrected chi connectivity index (χ3v) is 6.83. The number of benzene rings is 3. The summed E-state index contributed by atoms with van der Waals surface area (Å²) in [7, 11) is 1.58. The monoisotopic (exact) mass is 513 g/mol. The molecule has 1 aliphatic carbocycles. The predicted octanol–water partition coefficient (Wildman–Crippen LogP) is 7.14. The fraction of sp³-hybridized carbons (Fsp3) is 0.219. The van der Waals surface area contributed by atoms with E-state index < -0.39 is 0 Å². The van der Waals surface area contributed by atoms with Crippen molar-refractivity contribution in [3.8, 4) is 11.5 Å². The largest absolute Gasteiger partial charge is 0.493 e. The number of ether oxygens (including phenoxy) is 2. The molecule has 1 saturated heterocycles. The first-order valence-electron chi connectivity index (χ1n) is 12.5. The summed E-state index contributed by atoms with van der Waals surface area (Å²) in [5.74, 6) is 0.638. The molecule has 0 aromatic heterocycles. The van der Waals surface area contributed by atoms with Gasteiger partial charge in [0.1, 0.15) is 0 Å². The summed E-state index contributed by atoms with van der Waals surface area (Å²) >= 11 is 0. The number of esters is 1. The first-order chi connectivity index (χ1) is 17.6. The van der Waals surface area contributed by atoms with Crippen LogP contribution in [0.5, 0.6) is 11.5 Å². The molecule has 0 unspecified atom stereocenters. The molecular weight excluding hydrogens is 482 g/mol. The van der Waals surface area contributed by atoms with E-state index in [1.165, 1.54) is 34.8 Å². The van der Waals surface area contributed by atoms with Crippen LogP contribution in [-0.4, -0.2) is 37.6 Å². The molecule has 0 spiro atoms. The van der Waals surface area contributed by atoms with Gasteiger partial charge in [0, 0.05) is 26.6 Å². The Morgan fingerprint density at radius 2 is 1.51 bits per heavy atom. The van der Waals surface area contributed by atoms with Gasteiger partial charge in [-0.2, -0.15) is 0 Å². The van der Waals surface area contributed by atoms with E-state index in [0.29, 0.717) is 11.5 Å². The number of nitrogens with zero attached hydrogens (tertiary/aromatic N) is 1. The molecule has 1 aliphatic heterocycles. The van der Waals surface area contributed by atoms with Crippen LogP contribution in [-0.2, 0) is 4.79 Å². The van der Waals surface area contributed by atoms with Crippen LogP contribution in [0.4, 0.5) is 0 Å². The zero-order valence-electron chi connectivity index (χ0n) is 21.3. The molecule has 0 atom stereocenters. The van der Waals surface area contributed by atoms with E-state index in [1.54, 1.807) is 18.7 Å². The van der Waals surface area contributed by atoms with E-state index in [0.717, 1.165) is 38.0 Å². The number of halogens is 1. The Labute approximate surface area is 225 Å². The Morgan fingerprint density at radius 1 is 0.892 bits per heavy atom. The lowest BCUT2D eigenvalue weighted by molar-refractivity contribution is -0.132. The Hall–Kier alpha value is -3.60. The summed E-state index contributed by atoms with van der Waals surface area (Å²) in [5, 5.41) is 0. The first-order valence-corrected chi connectivity index (χ1v) is 12.5. The predicted molar refractivity (Wildman–Crippen MR) is 154 cm³/mol. The van der Waals surface area contributed by atoms with Gasteiger partial charge < -0.3 is 9.47 Å². The van der Waals surface area contributed by atoms with Crippen LogP contribution in [0.2, 0.25) is 0 Å². The Bertz CT molecular complexity index is 1310. The average Bonchev–Trinajstić information content (AvgIpc) is 3.07. The molecule has 0 N–H and O–H groups in total. The molecule has 0 radical (unpaired) electrons. The van der Waals surface area contributed by atoms with Gasteiger partial charge in [0.2, 0.25) is 0 Å². The van der Waals surface area contributed by atoms with Gasteiger partial charge in [-0.05, 0) is 58.4 Å². The Kier molecular flexibility index (Phi) is 8.65. The van der Waals surface area contributed by atoms with E-state index in [-0.39, 0.29) is 18.4 Å². The first kappa shape index (κ1) is 26.5. The van der Waals surface area contributed by atoms with Gasteiger partial charge in [-0.15, -0.1) is 12.4 Å². The molecule has 0 amide bonds. The van der Waals surface area contributed by atoms with Crippen LogP contribution in [0.3, 0.4) is 0 Å². The van der Waals surface area contributed by atoms with Gasteiger partial charge in [0.25, 0.3) is 0 Å². The molecule has 1 heterocycles. The number of hydrogen-bond donors (Lipinski definition) is 0. The van der Waals surface area contributed by atoms with Crippen molar-refractivity contribution in [2.45, 2.75) is 19.8 Å². The highest BCUT2D eigenvalue weighted by atomic mass is 35.5. The van der Waals surface area contributed by atoms with Crippen LogP contribution in [0.15, 0.2) is 78.4 Å². The quantitative estimate of drug-likeness (QED) is 0.210. The fourth-order valence-corrected chi connectivity index (χ4v) is 5.07. The number of rotatable bonds is 5. The van der Waals surface area contributed by atoms with Crippen molar-refractivity contribution < 1.29 is 14.3 Å². The van der Waals surface area contributed by atoms with E-state index in [9.17, 15) is 4.79 Å². The van der Waals surface area contributed by atoms with Crippen LogP contribution in [0.25, 0.3) is 23.8 Å². The van der Waals surface area contributed by atoms with Crippen molar-refractivity contribution >= 4 is 42.2 Å². The smallest absolute Gasteiger partial charge is 0.308 e. The number of hydrogen-bond acceptors (Lipinski definition) is 4. The number of methoxy groups -OCH3 is 1. The number of carbonyl (C=O) groups is 1. The SMILES string of the molecule is COc1cc(/C=C/CN2CCC(=C3c4ccccc4C=Cc4ccccc43)CC2)ccc1OC(C)=O.Cl. The molecule has 0 bridgehead atoms. The molecule has 2 aliphatic rings. The minimum atomic E-state index is -0.358. The van der Waals surface area contributed by atoms with Gasteiger partial charge in [-0.1, -0.05) is 84.5 Å². The Morgan fingerprint density at radius 3 is 2.11 bits per heavy atom. The maximum Gasteiger partial charge on any atom is 0.308 e. The summed E-state index contributed by atoms with van der Waals surface area (Å²) < 4.78 is 10.6. The average molecular weight is 514 g/mol. The summed E-state index contributed by atoms with van der Waals surface area (Å²) in [5.41, 5.74) is 9.24. The third-order valence-electron chi connectivity index (χ3n) is 6.83. The molecule has 1 fully saturated rings. The van der Waals surface area contributed by atoms with E-state index in [2.05, 4.69) is 77.7 Å². The van der Waals surface area contributed by atoms with Crippen molar-refractivity contribution in [1.82, 2.24) is 4.90 Å². The van der Waals surface area contributed by atoms with Crippen molar-refractivity contribution in [2.75, 3.05) is 26.7 Å². The van der Waals surface area contributed by atoms with E-state index in [1.807, 2.05) is 12.1 Å². The van der Waals surface area contributed by atoms with E-state index in [4.69, 9.17) is 9.47 Å². The topological polar surface area (TPSA) is 38.8 Å². The lowest BCUT2D eigenvalue weighted by Crippen LogP contribution is -2.31. The number of fused-ring (bicyclic) bond motifs is 2. The summed E-state index contributed by atoms with van der Waals surface area (Å²) in [6.45, 7) is 4.36. The summed E-state index contributed by atoms with van der Waals surface area (Å²) in [6.07, 6.45) is 10.9.